The van der Waals surface area contributed by atoms with Crippen LogP contribution in [0.3, 0.4) is 0 Å². The lowest BCUT2D eigenvalue weighted by Crippen LogP contribution is -2.59. The number of rotatable bonds is 25. The summed E-state index contributed by atoms with van der Waals surface area (Å²) in [7, 11) is 0. The van der Waals surface area contributed by atoms with Gasteiger partial charge in [0.15, 0.2) is 6.29 Å². The van der Waals surface area contributed by atoms with Crippen molar-refractivity contribution in [2.45, 2.75) is 147 Å². The molecule has 6 unspecified atom stereocenters. The summed E-state index contributed by atoms with van der Waals surface area (Å²) in [6, 6.07) is 0. The van der Waals surface area contributed by atoms with Gasteiger partial charge in [0.25, 0.3) is 0 Å². The Balaban J connectivity index is 2.16. The Hall–Kier alpha value is -1.33. The van der Waals surface area contributed by atoms with Gasteiger partial charge in [-0.15, -0.1) is 0 Å². The maximum absolute atomic E-state index is 12.0. The van der Waals surface area contributed by atoms with Gasteiger partial charge >= 0.3 is 5.97 Å². The first-order valence-corrected chi connectivity index (χ1v) is 15.9. The van der Waals surface area contributed by atoms with Crippen molar-refractivity contribution >= 4 is 5.97 Å². The van der Waals surface area contributed by atoms with Crippen molar-refractivity contribution in [2.24, 2.45) is 0 Å². The van der Waals surface area contributed by atoms with E-state index in [1.807, 2.05) is 6.92 Å². The summed E-state index contributed by atoms with van der Waals surface area (Å²) in [6.45, 7) is 4.12. The van der Waals surface area contributed by atoms with Gasteiger partial charge in [-0.2, -0.15) is 0 Å². The highest BCUT2D eigenvalue weighted by molar-refractivity contribution is 5.69. The normalized spacial score (nSPS) is 23.9. The predicted molar refractivity (Wildman–Crippen MR) is 159 cm³/mol. The summed E-state index contributed by atoms with van der Waals surface area (Å²) in [5.41, 5.74) is 0. The van der Waals surface area contributed by atoms with Crippen molar-refractivity contribution in [3.05, 3.63) is 24.3 Å². The number of allylic oxidation sites excluding steroid dienone is 4. The van der Waals surface area contributed by atoms with E-state index in [0.717, 1.165) is 32.1 Å². The lowest BCUT2D eigenvalue weighted by Gasteiger charge is -2.39. The van der Waals surface area contributed by atoms with Crippen LogP contribution in [0.25, 0.3) is 0 Å². The highest BCUT2D eigenvalue weighted by Gasteiger charge is 2.44. The highest BCUT2D eigenvalue weighted by Crippen LogP contribution is 2.22. The predicted octanol–water partition coefficient (Wildman–Crippen LogP) is 4.74. The fourth-order valence-corrected chi connectivity index (χ4v) is 4.56. The van der Waals surface area contributed by atoms with Gasteiger partial charge in [-0.25, -0.2) is 0 Å². The summed E-state index contributed by atoms with van der Waals surface area (Å²) < 4.78 is 22.1. The average Bonchev–Trinajstić information content (AvgIpc) is 2.96. The smallest absolute Gasteiger partial charge is 0.306 e. The molecule has 0 radical (unpaired) electrons. The van der Waals surface area contributed by atoms with Crippen LogP contribution in [0, 0.1) is 0 Å². The third-order valence-corrected chi connectivity index (χ3v) is 7.09. The zero-order valence-electron chi connectivity index (χ0n) is 25.5. The number of hydrogen-bond donors (Lipinski definition) is 4. The molecular weight excluding hydrogens is 528 g/mol. The molecule has 9 nitrogen and oxygen atoms in total. The van der Waals surface area contributed by atoms with Crippen LogP contribution in [-0.4, -0.2) is 89.6 Å². The number of aliphatic hydroxyl groups excluding tert-OH is 4. The Kier molecular flexibility index (Phi) is 23.2. The minimum atomic E-state index is -1.53. The second-order valence-electron chi connectivity index (χ2n) is 10.9. The van der Waals surface area contributed by atoms with Crippen molar-refractivity contribution in [3.8, 4) is 0 Å². The molecule has 1 aliphatic heterocycles. The Morgan fingerprint density at radius 1 is 0.780 bits per heavy atom. The molecule has 1 heterocycles. The zero-order valence-corrected chi connectivity index (χ0v) is 25.5. The molecule has 0 saturated carbocycles. The van der Waals surface area contributed by atoms with Gasteiger partial charge in [0.2, 0.25) is 0 Å². The Morgan fingerprint density at radius 3 is 2.05 bits per heavy atom. The van der Waals surface area contributed by atoms with Gasteiger partial charge in [-0.05, 0) is 44.9 Å². The van der Waals surface area contributed by atoms with Gasteiger partial charge in [0.1, 0.15) is 30.5 Å². The summed E-state index contributed by atoms with van der Waals surface area (Å²) in [6.07, 6.45) is 17.9. The zero-order chi connectivity index (χ0) is 30.1. The van der Waals surface area contributed by atoms with Crippen molar-refractivity contribution in [3.63, 3.8) is 0 Å². The van der Waals surface area contributed by atoms with Crippen LogP contribution in [0.1, 0.15) is 110 Å². The number of carbonyl (C=O) groups excluding carboxylic acids is 1. The molecule has 1 saturated heterocycles. The standard InChI is InChI=1S/C32H58O9/c1-3-5-6-7-8-9-10-11-12-13-14-15-16-17-18-19-20-22-38-24-26(40-28(34)21-4-2)25-39-32-31(37)30(36)29(35)27(23-33)41-32/h9-10,12-13,26-27,29-33,35-37H,3-8,11,14-25H2,1-2H3/b10-9-,13-12-. The lowest BCUT2D eigenvalue weighted by molar-refractivity contribution is -0.305. The van der Waals surface area contributed by atoms with Gasteiger partial charge < -0.3 is 39.4 Å². The molecule has 0 aromatic carbocycles. The lowest BCUT2D eigenvalue weighted by atomic mass is 9.99. The Bertz CT molecular complexity index is 682. The first-order valence-electron chi connectivity index (χ1n) is 15.9. The van der Waals surface area contributed by atoms with E-state index in [0.29, 0.717) is 13.0 Å². The number of hydrogen-bond acceptors (Lipinski definition) is 9. The van der Waals surface area contributed by atoms with Crippen molar-refractivity contribution in [1.82, 2.24) is 0 Å². The fourth-order valence-electron chi connectivity index (χ4n) is 4.56. The van der Waals surface area contributed by atoms with Crippen molar-refractivity contribution in [2.75, 3.05) is 26.4 Å². The number of ether oxygens (including phenoxy) is 4. The minimum absolute atomic E-state index is 0.123. The van der Waals surface area contributed by atoms with Gasteiger partial charge in [-0.3, -0.25) is 4.79 Å². The molecule has 0 aromatic rings. The quantitative estimate of drug-likeness (QED) is 0.0680. The molecule has 0 amide bonds. The average molecular weight is 587 g/mol. The molecule has 1 rings (SSSR count). The van der Waals surface area contributed by atoms with Gasteiger partial charge in [-0.1, -0.05) is 83.1 Å². The summed E-state index contributed by atoms with van der Waals surface area (Å²) in [5.74, 6) is -0.373. The summed E-state index contributed by atoms with van der Waals surface area (Å²) in [5, 5.41) is 39.4. The van der Waals surface area contributed by atoms with Crippen molar-refractivity contribution in [1.29, 1.82) is 0 Å². The van der Waals surface area contributed by atoms with E-state index < -0.39 is 43.4 Å². The number of aliphatic hydroxyl groups is 4. The van der Waals surface area contributed by atoms with Crippen LogP contribution in [0.4, 0.5) is 0 Å². The molecule has 1 aliphatic rings. The highest BCUT2D eigenvalue weighted by atomic mass is 16.7. The molecule has 0 bridgehead atoms. The molecule has 6 atom stereocenters. The molecule has 41 heavy (non-hydrogen) atoms. The number of carbonyl (C=O) groups is 1. The molecule has 4 N–H and O–H groups in total. The van der Waals surface area contributed by atoms with E-state index in [-0.39, 0.29) is 25.6 Å². The van der Waals surface area contributed by atoms with E-state index in [1.165, 1.54) is 51.4 Å². The van der Waals surface area contributed by atoms with Crippen LogP contribution >= 0.6 is 0 Å². The topological polar surface area (TPSA) is 135 Å². The fraction of sp³-hybridized carbons (Fsp3) is 0.844. The maximum atomic E-state index is 12.0. The Morgan fingerprint density at radius 2 is 1.41 bits per heavy atom. The SMILES string of the molecule is CCCCCC/C=C\C/C=C\CCCCCCCCOCC(COC1OC(CO)C(O)C(O)C1O)OC(=O)CCC. The minimum Gasteiger partial charge on any atom is -0.457 e. The molecule has 0 aromatic heterocycles. The first-order chi connectivity index (χ1) is 19.9. The molecule has 1 fully saturated rings. The van der Waals surface area contributed by atoms with E-state index >= 15 is 0 Å². The Labute approximate surface area is 247 Å². The van der Waals surface area contributed by atoms with Crippen molar-refractivity contribution < 1.29 is 44.2 Å². The molecular formula is C32H58O9. The first kappa shape index (κ1) is 37.7. The van der Waals surface area contributed by atoms with Gasteiger partial charge in [0, 0.05) is 13.0 Å². The molecule has 0 spiro atoms. The second-order valence-corrected chi connectivity index (χ2v) is 10.9. The molecule has 9 heteroatoms. The van der Waals surface area contributed by atoms with E-state index in [4.69, 9.17) is 18.9 Å². The third kappa shape index (κ3) is 18.1. The van der Waals surface area contributed by atoms with Crippen LogP contribution < -0.4 is 0 Å². The van der Waals surface area contributed by atoms with Crippen LogP contribution in [0.2, 0.25) is 0 Å². The monoisotopic (exact) mass is 586 g/mol. The van der Waals surface area contributed by atoms with E-state index in [2.05, 4.69) is 31.2 Å². The molecule has 0 aliphatic carbocycles. The van der Waals surface area contributed by atoms with Crippen LogP contribution in [-0.2, 0) is 23.7 Å². The maximum Gasteiger partial charge on any atom is 0.306 e. The summed E-state index contributed by atoms with van der Waals surface area (Å²) in [4.78, 5) is 12.0. The third-order valence-electron chi connectivity index (χ3n) is 7.09. The van der Waals surface area contributed by atoms with E-state index in [1.54, 1.807) is 0 Å². The van der Waals surface area contributed by atoms with Crippen LogP contribution in [0.5, 0.6) is 0 Å². The summed E-state index contributed by atoms with van der Waals surface area (Å²) >= 11 is 0. The number of unbranched alkanes of at least 4 members (excludes halogenated alkanes) is 10. The van der Waals surface area contributed by atoms with Crippen LogP contribution in [0.15, 0.2) is 24.3 Å². The second kappa shape index (κ2) is 25.2. The molecule has 240 valence electrons. The van der Waals surface area contributed by atoms with Gasteiger partial charge in [0.05, 0.1) is 19.8 Å². The number of esters is 1. The largest absolute Gasteiger partial charge is 0.457 e. The van der Waals surface area contributed by atoms with E-state index in [9.17, 15) is 25.2 Å².